The summed E-state index contributed by atoms with van der Waals surface area (Å²) in [6.45, 7) is 0.562. The molecule has 0 spiro atoms. The van der Waals surface area contributed by atoms with Crippen molar-refractivity contribution >= 4 is 28.7 Å². The van der Waals surface area contributed by atoms with Crippen molar-refractivity contribution < 1.29 is 19.8 Å². The van der Waals surface area contributed by atoms with E-state index in [1.807, 2.05) is 0 Å². The van der Waals surface area contributed by atoms with Crippen LogP contribution in [0.5, 0.6) is 0 Å². The largest absolute Gasteiger partial charge is 0.548 e. The van der Waals surface area contributed by atoms with Gasteiger partial charge < -0.3 is 24.7 Å². The summed E-state index contributed by atoms with van der Waals surface area (Å²) in [5, 5.41) is 22.7. The van der Waals surface area contributed by atoms with Crippen molar-refractivity contribution in [2.24, 2.45) is 0 Å². The first kappa shape index (κ1) is 13.3. The molecule has 1 fully saturated rings. The first-order valence-electron chi connectivity index (χ1n) is 6.51. The van der Waals surface area contributed by atoms with Crippen LogP contribution in [-0.4, -0.2) is 34.5 Å². The van der Waals surface area contributed by atoms with Crippen molar-refractivity contribution in [1.82, 2.24) is 9.97 Å². The Morgan fingerprint density at radius 1 is 1.24 bits per heavy atom. The molecular formula is C14H11N3O4-2. The molecule has 0 saturated carbocycles. The van der Waals surface area contributed by atoms with Crippen LogP contribution >= 0.6 is 0 Å². The molecule has 3 rings (SSSR count). The molecule has 0 unspecified atom stereocenters. The molecule has 0 bridgehead atoms. The van der Waals surface area contributed by atoms with Crippen LogP contribution in [0.3, 0.4) is 0 Å². The Morgan fingerprint density at radius 2 is 2.05 bits per heavy atom. The molecule has 7 heteroatoms. The van der Waals surface area contributed by atoms with Crippen molar-refractivity contribution in [3.05, 3.63) is 30.1 Å². The zero-order valence-corrected chi connectivity index (χ0v) is 11.0. The van der Waals surface area contributed by atoms with E-state index >= 15 is 0 Å². The fourth-order valence-electron chi connectivity index (χ4n) is 2.66. The highest BCUT2D eigenvalue weighted by Gasteiger charge is 2.27. The number of benzene rings is 1. The molecule has 21 heavy (non-hydrogen) atoms. The van der Waals surface area contributed by atoms with Crippen LogP contribution in [0.2, 0.25) is 0 Å². The number of aliphatic carboxylic acids is 1. The van der Waals surface area contributed by atoms with Gasteiger partial charge in [-0.3, -0.25) is 0 Å². The van der Waals surface area contributed by atoms with E-state index in [0.29, 0.717) is 29.7 Å². The molecule has 1 aromatic heterocycles. The van der Waals surface area contributed by atoms with Crippen molar-refractivity contribution in [1.29, 1.82) is 0 Å². The average Bonchev–Trinajstić information content (AvgIpc) is 2.95. The Balaban J connectivity index is 2.11. The maximum absolute atomic E-state index is 11.2. The van der Waals surface area contributed by atoms with Crippen LogP contribution in [0.25, 0.3) is 10.9 Å². The summed E-state index contributed by atoms with van der Waals surface area (Å²) < 4.78 is 0. The molecule has 2 aromatic rings. The molecule has 0 radical (unpaired) electrons. The van der Waals surface area contributed by atoms with Crippen LogP contribution in [-0.2, 0) is 4.79 Å². The van der Waals surface area contributed by atoms with Gasteiger partial charge in [0, 0.05) is 11.9 Å². The molecule has 1 atom stereocenters. The van der Waals surface area contributed by atoms with Crippen LogP contribution in [0, 0.1) is 0 Å². The van der Waals surface area contributed by atoms with E-state index < -0.39 is 18.0 Å². The van der Waals surface area contributed by atoms with Gasteiger partial charge in [-0.2, -0.15) is 0 Å². The van der Waals surface area contributed by atoms with E-state index in [1.54, 1.807) is 11.0 Å². The molecule has 1 aliphatic rings. The number of hydrogen-bond acceptors (Lipinski definition) is 7. The fraction of sp³-hybridized carbons (Fsp3) is 0.286. The summed E-state index contributed by atoms with van der Waals surface area (Å²) >= 11 is 0. The molecule has 7 nitrogen and oxygen atoms in total. The highest BCUT2D eigenvalue weighted by atomic mass is 16.4. The zero-order chi connectivity index (χ0) is 15.0. The monoisotopic (exact) mass is 285 g/mol. The predicted molar refractivity (Wildman–Crippen MR) is 69.2 cm³/mol. The Bertz CT molecular complexity index is 731. The second-order valence-electron chi connectivity index (χ2n) is 4.89. The Hall–Kier alpha value is -2.70. The number of aromatic carboxylic acids is 1. The van der Waals surface area contributed by atoms with Gasteiger partial charge in [0.1, 0.15) is 12.1 Å². The van der Waals surface area contributed by atoms with Gasteiger partial charge in [0.2, 0.25) is 0 Å². The quantitative estimate of drug-likeness (QED) is 0.690. The zero-order valence-electron chi connectivity index (χ0n) is 11.0. The number of nitrogens with zero attached hydrogens (tertiary/aromatic N) is 3. The summed E-state index contributed by atoms with van der Waals surface area (Å²) in [4.78, 5) is 31.9. The van der Waals surface area contributed by atoms with E-state index in [1.165, 1.54) is 18.5 Å². The maximum atomic E-state index is 11.2. The standard InChI is InChI=1S/C14H13N3O4/c18-13(19)8-3-4-9-10(6-8)15-7-16-12(9)17-5-1-2-11(17)14(20)21/h3-4,6-7,11H,1-2,5H2,(H,18,19)(H,20,21)/p-2/t11-/m0/s1. The molecule has 108 valence electrons. The summed E-state index contributed by atoms with van der Waals surface area (Å²) in [7, 11) is 0. The van der Waals surface area contributed by atoms with Crippen LogP contribution in [0.15, 0.2) is 24.5 Å². The Morgan fingerprint density at radius 3 is 2.76 bits per heavy atom. The number of carboxylic acid groups (broad SMARTS) is 2. The normalized spacial score (nSPS) is 18.1. The minimum Gasteiger partial charge on any atom is -0.548 e. The number of anilines is 1. The van der Waals surface area contributed by atoms with Crippen LogP contribution in [0.4, 0.5) is 5.82 Å². The number of carboxylic acids is 2. The molecule has 0 aliphatic carbocycles. The second-order valence-corrected chi connectivity index (χ2v) is 4.89. The number of rotatable bonds is 3. The minimum absolute atomic E-state index is 0.0185. The third kappa shape index (κ3) is 2.26. The molecule has 1 saturated heterocycles. The lowest BCUT2D eigenvalue weighted by atomic mass is 10.1. The van der Waals surface area contributed by atoms with Crippen molar-refractivity contribution in [2.75, 3.05) is 11.4 Å². The number of carbonyl (C=O) groups excluding carboxylic acids is 2. The van der Waals surface area contributed by atoms with E-state index in [4.69, 9.17) is 0 Å². The maximum Gasteiger partial charge on any atom is 0.140 e. The van der Waals surface area contributed by atoms with Gasteiger partial charge in [0.05, 0.1) is 23.5 Å². The van der Waals surface area contributed by atoms with E-state index in [-0.39, 0.29) is 5.56 Å². The minimum atomic E-state index is -1.29. The van der Waals surface area contributed by atoms with Gasteiger partial charge in [-0.15, -0.1) is 0 Å². The smallest absolute Gasteiger partial charge is 0.140 e. The molecule has 2 heterocycles. The molecule has 1 aromatic carbocycles. The Labute approximate surface area is 119 Å². The van der Waals surface area contributed by atoms with Gasteiger partial charge in [0.25, 0.3) is 0 Å². The number of carbonyl (C=O) groups is 2. The van der Waals surface area contributed by atoms with Crippen molar-refractivity contribution in [3.63, 3.8) is 0 Å². The number of fused-ring (bicyclic) bond motifs is 1. The summed E-state index contributed by atoms with van der Waals surface area (Å²) in [5.74, 6) is -1.94. The lowest BCUT2D eigenvalue weighted by Crippen LogP contribution is -2.44. The molecule has 0 amide bonds. The van der Waals surface area contributed by atoms with Gasteiger partial charge in [0.15, 0.2) is 0 Å². The van der Waals surface area contributed by atoms with Crippen LogP contribution in [0.1, 0.15) is 23.2 Å². The molecule has 1 aliphatic heterocycles. The molecule has 0 N–H and O–H groups in total. The van der Waals surface area contributed by atoms with Crippen molar-refractivity contribution in [3.8, 4) is 0 Å². The van der Waals surface area contributed by atoms with Gasteiger partial charge >= 0.3 is 0 Å². The van der Waals surface area contributed by atoms with E-state index in [9.17, 15) is 19.8 Å². The lowest BCUT2D eigenvalue weighted by molar-refractivity contribution is -0.307. The van der Waals surface area contributed by atoms with E-state index in [0.717, 1.165) is 6.42 Å². The highest BCUT2D eigenvalue weighted by Crippen LogP contribution is 2.29. The summed E-state index contributed by atoms with van der Waals surface area (Å²) in [6, 6.07) is 3.64. The second kappa shape index (κ2) is 5.01. The predicted octanol–water partition coefficient (Wildman–Crippen LogP) is -1.29. The van der Waals surface area contributed by atoms with Gasteiger partial charge in [-0.1, -0.05) is 6.07 Å². The third-order valence-corrected chi connectivity index (χ3v) is 3.65. The van der Waals surface area contributed by atoms with E-state index in [2.05, 4.69) is 9.97 Å². The number of hydrogen-bond donors (Lipinski definition) is 0. The molecular weight excluding hydrogens is 274 g/mol. The topological polar surface area (TPSA) is 109 Å². The Kier molecular flexibility index (Phi) is 3.17. The summed E-state index contributed by atoms with van der Waals surface area (Å²) in [6.07, 6.45) is 2.54. The SMILES string of the molecule is O=C([O-])c1ccc2c(N3CCC[C@H]3C(=O)[O-])ncnc2c1. The van der Waals surface area contributed by atoms with Gasteiger partial charge in [-0.05, 0) is 30.5 Å². The van der Waals surface area contributed by atoms with Crippen LogP contribution < -0.4 is 15.1 Å². The average molecular weight is 285 g/mol. The number of aromatic nitrogens is 2. The lowest BCUT2D eigenvalue weighted by Gasteiger charge is -2.27. The van der Waals surface area contributed by atoms with Crippen molar-refractivity contribution in [2.45, 2.75) is 18.9 Å². The first-order chi connectivity index (χ1) is 10.1. The summed E-state index contributed by atoms with van der Waals surface area (Å²) in [5.41, 5.74) is 0.454. The van der Waals surface area contributed by atoms with Gasteiger partial charge in [-0.25, -0.2) is 9.97 Å². The first-order valence-corrected chi connectivity index (χ1v) is 6.51. The third-order valence-electron chi connectivity index (χ3n) is 3.65. The fourth-order valence-corrected chi connectivity index (χ4v) is 2.66. The highest BCUT2D eigenvalue weighted by molar-refractivity contribution is 5.96.